The van der Waals surface area contributed by atoms with Crippen LogP contribution >= 0.6 is 11.6 Å². The number of rotatable bonds is 6. The summed E-state index contributed by atoms with van der Waals surface area (Å²) in [6.45, 7) is 2.64. The molecule has 1 aliphatic heterocycles. The Morgan fingerprint density at radius 1 is 1.27 bits per heavy atom. The number of carbonyl (C=O) groups excluding carboxylic acids is 2. The van der Waals surface area contributed by atoms with Crippen LogP contribution in [0.5, 0.6) is 5.75 Å². The smallest absolute Gasteiger partial charge is 0.397 e. The minimum absolute atomic E-state index is 0.0461. The van der Waals surface area contributed by atoms with E-state index in [-0.39, 0.29) is 23.4 Å². The fraction of sp³-hybridized carbons (Fsp3) is 0.273. The third-order valence-electron chi connectivity index (χ3n) is 4.81. The van der Waals surface area contributed by atoms with Crippen molar-refractivity contribution in [2.75, 3.05) is 30.5 Å². The largest absolute Gasteiger partial charge is 0.486 e. The monoisotopic (exact) mass is 474 g/mol. The van der Waals surface area contributed by atoms with Gasteiger partial charge in [-0.3, -0.25) is 4.79 Å². The molecular formula is C22H20ClFN4O5. The number of anilines is 3. The third-order valence-corrected chi connectivity index (χ3v) is 5.10. The summed E-state index contributed by atoms with van der Waals surface area (Å²) in [7, 11) is 0. The second kappa shape index (κ2) is 9.97. The van der Waals surface area contributed by atoms with Crippen LogP contribution in [0.15, 0.2) is 36.7 Å². The van der Waals surface area contributed by atoms with Gasteiger partial charge in [0.2, 0.25) is 0 Å². The van der Waals surface area contributed by atoms with Crippen LogP contribution in [0.4, 0.5) is 21.6 Å². The zero-order valence-electron chi connectivity index (χ0n) is 17.6. The first kappa shape index (κ1) is 22.7. The molecule has 9 nitrogen and oxygen atoms in total. The summed E-state index contributed by atoms with van der Waals surface area (Å²) in [5.41, 5.74) is 1.26. The Hall–Kier alpha value is -3.50. The Labute approximate surface area is 193 Å². The van der Waals surface area contributed by atoms with Gasteiger partial charge >= 0.3 is 11.9 Å². The zero-order valence-corrected chi connectivity index (χ0v) is 18.3. The molecule has 1 atom stereocenters. The van der Waals surface area contributed by atoms with Gasteiger partial charge in [0.05, 0.1) is 36.0 Å². The first-order valence-corrected chi connectivity index (χ1v) is 10.6. The maximum absolute atomic E-state index is 13.5. The van der Waals surface area contributed by atoms with Crippen molar-refractivity contribution in [1.29, 1.82) is 0 Å². The summed E-state index contributed by atoms with van der Waals surface area (Å²) in [5, 5.41) is 6.07. The molecule has 3 aromatic rings. The van der Waals surface area contributed by atoms with Crippen molar-refractivity contribution < 1.29 is 28.2 Å². The molecule has 1 amide bonds. The highest BCUT2D eigenvalue weighted by Gasteiger charge is 2.23. The maximum Gasteiger partial charge on any atom is 0.397 e. The second-order valence-corrected chi connectivity index (χ2v) is 7.53. The molecule has 0 radical (unpaired) electrons. The summed E-state index contributed by atoms with van der Waals surface area (Å²) in [5.74, 6) is -1.80. The SMILES string of the molecule is CCOC(=O)C(=O)Nc1cc2c(Nc3ccc(F)c(Cl)c3)ncnc2cc1OC1CCOC1. The first-order chi connectivity index (χ1) is 15.9. The molecule has 1 saturated heterocycles. The summed E-state index contributed by atoms with van der Waals surface area (Å²) < 4.78 is 29.6. The van der Waals surface area contributed by atoms with Crippen LogP contribution in [0.1, 0.15) is 13.3 Å². The summed E-state index contributed by atoms with van der Waals surface area (Å²) >= 11 is 5.87. The van der Waals surface area contributed by atoms with Crippen molar-refractivity contribution >= 4 is 51.6 Å². The van der Waals surface area contributed by atoms with E-state index in [1.807, 2.05) is 0 Å². The number of esters is 1. The predicted molar refractivity (Wildman–Crippen MR) is 119 cm³/mol. The average molecular weight is 475 g/mol. The Balaban J connectivity index is 1.72. The number of ether oxygens (including phenoxy) is 3. The fourth-order valence-electron chi connectivity index (χ4n) is 3.24. The van der Waals surface area contributed by atoms with Crippen molar-refractivity contribution in [3.8, 4) is 5.75 Å². The van der Waals surface area contributed by atoms with E-state index in [2.05, 4.69) is 20.6 Å². The lowest BCUT2D eigenvalue weighted by atomic mass is 10.1. The van der Waals surface area contributed by atoms with Gasteiger partial charge < -0.3 is 24.8 Å². The Morgan fingerprint density at radius 3 is 2.85 bits per heavy atom. The average Bonchev–Trinajstić information content (AvgIpc) is 3.30. The number of aromatic nitrogens is 2. The van der Waals surface area contributed by atoms with Gasteiger partial charge in [-0.05, 0) is 31.2 Å². The number of nitrogens with one attached hydrogen (secondary N) is 2. The van der Waals surface area contributed by atoms with Crippen LogP contribution in [0.2, 0.25) is 5.02 Å². The molecule has 2 N–H and O–H groups in total. The molecular weight excluding hydrogens is 455 g/mol. The quantitative estimate of drug-likeness (QED) is 0.409. The fourth-order valence-corrected chi connectivity index (χ4v) is 3.43. The molecule has 2 heterocycles. The highest BCUT2D eigenvalue weighted by atomic mass is 35.5. The molecule has 0 bridgehead atoms. The van der Waals surface area contributed by atoms with Gasteiger partial charge in [-0.15, -0.1) is 0 Å². The maximum atomic E-state index is 13.5. The Bertz CT molecular complexity index is 1200. The minimum atomic E-state index is -1.02. The van der Waals surface area contributed by atoms with Crippen molar-refractivity contribution in [2.24, 2.45) is 0 Å². The second-order valence-electron chi connectivity index (χ2n) is 7.12. The van der Waals surface area contributed by atoms with E-state index in [0.717, 1.165) is 0 Å². The van der Waals surface area contributed by atoms with E-state index >= 15 is 0 Å². The van der Waals surface area contributed by atoms with Crippen molar-refractivity contribution in [3.05, 3.63) is 47.5 Å². The first-order valence-electron chi connectivity index (χ1n) is 10.2. The third kappa shape index (κ3) is 5.29. The number of halogens is 2. The molecule has 172 valence electrons. The molecule has 11 heteroatoms. The van der Waals surface area contributed by atoms with E-state index in [4.69, 9.17) is 25.8 Å². The lowest BCUT2D eigenvalue weighted by Gasteiger charge is -2.18. The van der Waals surface area contributed by atoms with Gasteiger partial charge in [-0.1, -0.05) is 11.6 Å². The lowest BCUT2D eigenvalue weighted by Crippen LogP contribution is -2.26. The molecule has 1 fully saturated rings. The van der Waals surface area contributed by atoms with Crippen molar-refractivity contribution in [2.45, 2.75) is 19.4 Å². The van der Waals surface area contributed by atoms with Crippen molar-refractivity contribution in [1.82, 2.24) is 9.97 Å². The van der Waals surface area contributed by atoms with Crippen LogP contribution in [0.25, 0.3) is 10.9 Å². The summed E-state index contributed by atoms with van der Waals surface area (Å²) in [6, 6.07) is 7.39. The van der Waals surface area contributed by atoms with E-state index in [1.165, 1.54) is 24.5 Å². The molecule has 1 aromatic heterocycles. The van der Waals surface area contributed by atoms with Gasteiger partial charge in [0.15, 0.2) is 0 Å². The molecule has 0 saturated carbocycles. The molecule has 4 rings (SSSR count). The van der Waals surface area contributed by atoms with Crippen LogP contribution < -0.4 is 15.4 Å². The van der Waals surface area contributed by atoms with Crippen molar-refractivity contribution in [3.63, 3.8) is 0 Å². The summed E-state index contributed by atoms with van der Waals surface area (Å²) in [6.07, 6.45) is 1.84. The number of nitrogens with zero attached hydrogens (tertiary/aromatic N) is 2. The van der Waals surface area contributed by atoms with Gasteiger partial charge in [0.25, 0.3) is 0 Å². The Kier molecular flexibility index (Phi) is 6.85. The molecule has 0 spiro atoms. The molecule has 33 heavy (non-hydrogen) atoms. The van der Waals surface area contributed by atoms with Gasteiger partial charge in [0.1, 0.15) is 29.8 Å². The van der Waals surface area contributed by atoms with Crippen LogP contribution in [0, 0.1) is 5.82 Å². The number of amides is 1. The van der Waals surface area contributed by atoms with E-state index in [1.54, 1.807) is 19.1 Å². The number of benzene rings is 2. The number of fused-ring (bicyclic) bond motifs is 1. The van der Waals surface area contributed by atoms with E-state index in [0.29, 0.717) is 47.8 Å². The molecule has 1 unspecified atom stereocenters. The number of hydrogen-bond acceptors (Lipinski definition) is 8. The summed E-state index contributed by atoms with van der Waals surface area (Å²) in [4.78, 5) is 32.7. The van der Waals surface area contributed by atoms with E-state index < -0.39 is 17.7 Å². The normalized spacial score (nSPS) is 15.3. The highest BCUT2D eigenvalue weighted by molar-refractivity contribution is 6.37. The van der Waals surface area contributed by atoms with Crippen LogP contribution in [-0.2, 0) is 19.1 Å². The molecule has 0 aliphatic carbocycles. The standard InChI is InChI=1S/C22H20ClFN4O5/c1-2-32-22(30)21(29)28-18-8-14-17(9-19(18)33-13-5-6-31-10-13)25-11-26-20(14)27-12-3-4-16(24)15(23)7-12/h3-4,7-9,11,13H,2,5-6,10H2,1H3,(H,28,29)(H,25,26,27). The highest BCUT2D eigenvalue weighted by Crippen LogP contribution is 2.35. The Morgan fingerprint density at radius 2 is 2.12 bits per heavy atom. The lowest BCUT2D eigenvalue weighted by molar-refractivity contribution is -0.152. The van der Waals surface area contributed by atoms with Gasteiger partial charge in [-0.25, -0.2) is 19.2 Å². The predicted octanol–water partition coefficient (Wildman–Crippen LogP) is 3.84. The van der Waals surface area contributed by atoms with Crippen LogP contribution in [0.3, 0.4) is 0 Å². The van der Waals surface area contributed by atoms with Gasteiger partial charge in [0, 0.05) is 23.6 Å². The molecule has 2 aromatic carbocycles. The van der Waals surface area contributed by atoms with E-state index in [9.17, 15) is 14.0 Å². The zero-order chi connectivity index (χ0) is 23.4. The number of carbonyl (C=O) groups is 2. The van der Waals surface area contributed by atoms with Crippen LogP contribution in [-0.4, -0.2) is 47.8 Å². The number of hydrogen-bond donors (Lipinski definition) is 2. The minimum Gasteiger partial charge on any atom is -0.486 e. The molecule has 1 aliphatic rings. The van der Waals surface area contributed by atoms with Gasteiger partial charge in [-0.2, -0.15) is 0 Å². The topological polar surface area (TPSA) is 112 Å².